The van der Waals surface area contributed by atoms with Crippen molar-refractivity contribution in [3.63, 3.8) is 0 Å². The molecular weight excluding hydrogens is 454 g/mol. The van der Waals surface area contributed by atoms with Gasteiger partial charge in [-0.15, -0.1) is 0 Å². The minimum Gasteiger partial charge on any atom is -0.459 e. The number of esters is 1. The van der Waals surface area contributed by atoms with Crippen molar-refractivity contribution in [3.8, 4) is 11.3 Å². The number of nitrogens with zero attached hydrogens (tertiary/aromatic N) is 1. The molecule has 1 heterocycles. The lowest BCUT2D eigenvalue weighted by Gasteiger charge is -2.16. The van der Waals surface area contributed by atoms with Gasteiger partial charge in [0, 0.05) is 17.6 Å². The second-order valence-electron chi connectivity index (χ2n) is 7.00. The van der Waals surface area contributed by atoms with Crippen molar-refractivity contribution in [3.05, 3.63) is 77.0 Å². The summed E-state index contributed by atoms with van der Waals surface area (Å²) in [6.07, 6.45) is 0. The largest absolute Gasteiger partial charge is 0.459 e. The first-order valence-corrected chi connectivity index (χ1v) is 11.8. The molecule has 0 atom stereocenters. The summed E-state index contributed by atoms with van der Waals surface area (Å²) < 4.78 is 35.3. The monoisotopic (exact) mass is 475 g/mol. The van der Waals surface area contributed by atoms with E-state index in [1.807, 2.05) is 12.1 Å². The van der Waals surface area contributed by atoms with Crippen LogP contribution in [0, 0.1) is 0 Å². The summed E-state index contributed by atoms with van der Waals surface area (Å²) in [7, 11) is -2.06. The molecule has 0 bridgehead atoms. The van der Waals surface area contributed by atoms with Crippen LogP contribution in [0.4, 0.5) is 0 Å². The number of amides is 1. The molecule has 0 saturated carbocycles. The molecule has 0 N–H and O–H groups in total. The average molecular weight is 476 g/mol. The predicted octanol–water partition coefficient (Wildman–Crippen LogP) is 4.21. The van der Waals surface area contributed by atoms with Crippen LogP contribution in [-0.4, -0.2) is 44.6 Å². The van der Waals surface area contributed by atoms with Crippen molar-refractivity contribution in [2.24, 2.45) is 0 Å². The summed E-state index contributed by atoms with van der Waals surface area (Å²) in [6.45, 7) is 1.13. The first-order valence-electron chi connectivity index (χ1n) is 9.79. The number of likely N-dealkylation sites (N-methyl/N-ethyl adjacent to an activating group) is 1. The van der Waals surface area contributed by atoms with Crippen molar-refractivity contribution < 1.29 is 27.2 Å². The normalized spacial score (nSPS) is 11.2. The zero-order valence-corrected chi connectivity index (χ0v) is 19.2. The number of furan rings is 1. The molecule has 0 spiro atoms. The lowest BCUT2D eigenvalue weighted by molar-refractivity contribution is -0.133. The number of benzene rings is 2. The Kier molecular flexibility index (Phi) is 7.37. The Morgan fingerprint density at radius 1 is 1.03 bits per heavy atom. The molecule has 0 unspecified atom stereocenters. The van der Waals surface area contributed by atoms with E-state index in [2.05, 4.69) is 0 Å². The van der Waals surface area contributed by atoms with E-state index in [1.54, 1.807) is 31.3 Å². The van der Waals surface area contributed by atoms with Crippen LogP contribution >= 0.6 is 11.6 Å². The van der Waals surface area contributed by atoms with E-state index in [0.717, 1.165) is 5.56 Å². The molecule has 0 aliphatic heterocycles. The Morgan fingerprint density at radius 2 is 1.72 bits per heavy atom. The van der Waals surface area contributed by atoms with Crippen LogP contribution < -0.4 is 0 Å². The Labute approximate surface area is 191 Å². The molecule has 32 heavy (non-hydrogen) atoms. The molecule has 7 nitrogen and oxygen atoms in total. The average Bonchev–Trinajstić information content (AvgIpc) is 3.26. The summed E-state index contributed by atoms with van der Waals surface area (Å²) in [5.74, 6) is -0.296. The third-order valence-electron chi connectivity index (χ3n) is 4.76. The van der Waals surface area contributed by atoms with Gasteiger partial charge in [-0.25, -0.2) is 13.2 Å². The fraction of sp³-hybridized carbons (Fsp3) is 0.217. The minimum atomic E-state index is -3.61. The maximum atomic E-state index is 12.4. The van der Waals surface area contributed by atoms with Gasteiger partial charge in [-0.3, -0.25) is 4.79 Å². The molecule has 168 valence electrons. The smallest absolute Gasteiger partial charge is 0.339 e. The molecule has 1 amide bonds. The predicted molar refractivity (Wildman–Crippen MR) is 120 cm³/mol. The van der Waals surface area contributed by atoms with Gasteiger partial charge in [0.15, 0.2) is 16.4 Å². The summed E-state index contributed by atoms with van der Waals surface area (Å²) in [5, 5.41) is 0.621. The van der Waals surface area contributed by atoms with E-state index in [1.165, 1.54) is 36.1 Å². The van der Waals surface area contributed by atoms with Gasteiger partial charge < -0.3 is 14.1 Å². The summed E-state index contributed by atoms with van der Waals surface area (Å²) in [5.41, 5.74) is 0.757. The summed E-state index contributed by atoms with van der Waals surface area (Å²) in [4.78, 5) is 26.1. The number of rotatable bonds is 8. The Hall–Kier alpha value is -3.10. The first-order chi connectivity index (χ1) is 15.2. The van der Waals surface area contributed by atoms with Gasteiger partial charge in [-0.1, -0.05) is 30.7 Å². The Balaban J connectivity index is 1.60. The van der Waals surface area contributed by atoms with Crippen LogP contribution in [0.5, 0.6) is 0 Å². The van der Waals surface area contributed by atoms with Gasteiger partial charge >= 0.3 is 5.97 Å². The third-order valence-corrected chi connectivity index (χ3v) is 6.80. The minimum absolute atomic E-state index is 0.0940. The van der Waals surface area contributed by atoms with E-state index in [-0.39, 0.29) is 22.8 Å². The molecule has 0 aliphatic rings. The van der Waals surface area contributed by atoms with E-state index < -0.39 is 28.3 Å². The molecule has 0 fully saturated rings. The fourth-order valence-corrected chi connectivity index (χ4v) is 4.14. The molecule has 0 radical (unpaired) electrons. The van der Waals surface area contributed by atoms with E-state index in [9.17, 15) is 18.0 Å². The SMILES string of the molecule is CCS(=O)(=O)c1ccccc1C(=O)OCC(=O)N(C)Cc1ccc(-c2ccc(Cl)cc2)o1. The summed E-state index contributed by atoms with van der Waals surface area (Å²) in [6, 6.07) is 16.5. The lowest BCUT2D eigenvalue weighted by Crippen LogP contribution is -2.30. The highest BCUT2D eigenvalue weighted by atomic mass is 35.5. The number of sulfone groups is 1. The highest BCUT2D eigenvalue weighted by Crippen LogP contribution is 2.24. The second kappa shape index (κ2) is 10.0. The zero-order chi connectivity index (χ0) is 23.3. The maximum Gasteiger partial charge on any atom is 0.339 e. The maximum absolute atomic E-state index is 12.4. The summed E-state index contributed by atoms with van der Waals surface area (Å²) >= 11 is 5.90. The molecule has 3 aromatic rings. The lowest BCUT2D eigenvalue weighted by atomic mass is 10.2. The Bertz CT molecular complexity index is 1220. The number of hydrogen-bond acceptors (Lipinski definition) is 6. The van der Waals surface area contributed by atoms with Gasteiger partial charge in [0.1, 0.15) is 11.5 Å². The quantitative estimate of drug-likeness (QED) is 0.453. The number of halogens is 1. The van der Waals surface area contributed by atoms with Gasteiger partial charge in [-0.2, -0.15) is 0 Å². The molecule has 3 rings (SSSR count). The van der Waals surface area contributed by atoms with Crippen LogP contribution in [-0.2, 0) is 25.9 Å². The molecular formula is C23H22ClNO6S. The van der Waals surface area contributed by atoms with Crippen LogP contribution in [0.3, 0.4) is 0 Å². The number of carbonyl (C=O) groups excluding carboxylic acids is 2. The van der Waals surface area contributed by atoms with Gasteiger partial charge in [0.25, 0.3) is 5.91 Å². The zero-order valence-electron chi connectivity index (χ0n) is 17.6. The van der Waals surface area contributed by atoms with Crippen molar-refractivity contribution in [2.75, 3.05) is 19.4 Å². The van der Waals surface area contributed by atoms with Gasteiger partial charge in [-0.05, 0) is 48.5 Å². The van der Waals surface area contributed by atoms with Crippen molar-refractivity contribution in [1.29, 1.82) is 0 Å². The Morgan fingerprint density at radius 3 is 2.41 bits per heavy atom. The van der Waals surface area contributed by atoms with E-state index >= 15 is 0 Å². The fourth-order valence-electron chi connectivity index (χ4n) is 2.93. The third kappa shape index (κ3) is 5.57. The van der Waals surface area contributed by atoms with Gasteiger partial charge in [0.2, 0.25) is 0 Å². The number of carbonyl (C=O) groups is 2. The highest BCUT2D eigenvalue weighted by Gasteiger charge is 2.23. The van der Waals surface area contributed by atoms with Crippen LogP contribution in [0.2, 0.25) is 5.02 Å². The molecule has 2 aromatic carbocycles. The molecule has 0 saturated heterocycles. The van der Waals surface area contributed by atoms with Crippen LogP contribution in [0.1, 0.15) is 23.0 Å². The van der Waals surface area contributed by atoms with Crippen LogP contribution in [0.25, 0.3) is 11.3 Å². The van der Waals surface area contributed by atoms with Crippen molar-refractivity contribution in [2.45, 2.75) is 18.4 Å². The van der Waals surface area contributed by atoms with E-state index in [0.29, 0.717) is 16.5 Å². The number of ether oxygens (including phenoxy) is 1. The van der Waals surface area contributed by atoms with Crippen molar-refractivity contribution >= 4 is 33.3 Å². The molecule has 0 aliphatic carbocycles. The van der Waals surface area contributed by atoms with Crippen LogP contribution in [0.15, 0.2) is 70.0 Å². The standard InChI is InChI=1S/C23H22ClNO6S/c1-3-32(28,29)21-7-5-4-6-19(21)23(27)30-15-22(26)25(2)14-18-12-13-20(31-18)16-8-10-17(24)11-9-16/h4-13H,3,14-15H2,1-2H3. The second-order valence-corrected chi connectivity index (χ2v) is 9.68. The topological polar surface area (TPSA) is 93.9 Å². The molecule has 1 aromatic heterocycles. The van der Waals surface area contributed by atoms with Crippen molar-refractivity contribution in [1.82, 2.24) is 4.90 Å². The highest BCUT2D eigenvalue weighted by molar-refractivity contribution is 7.91. The molecule has 9 heteroatoms. The van der Waals surface area contributed by atoms with E-state index in [4.69, 9.17) is 20.8 Å². The first kappa shape index (κ1) is 23.6. The van der Waals surface area contributed by atoms with Gasteiger partial charge in [0.05, 0.1) is 22.8 Å². The number of hydrogen-bond donors (Lipinski definition) is 0.